The number of carbonyl (C=O) groups excluding carboxylic acids is 3. The van der Waals surface area contributed by atoms with Gasteiger partial charge >= 0.3 is 18.0 Å². The molecule has 0 aromatic carbocycles. The first-order valence-corrected chi connectivity index (χ1v) is 10.1. The molecule has 0 rings (SSSR count). The van der Waals surface area contributed by atoms with E-state index < -0.39 is 41.6 Å². The quantitative estimate of drug-likeness (QED) is 0.440. The third-order valence-electron chi connectivity index (χ3n) is 3.15. The van der Waals surface area contributed by atoms with E-state index in [0.29, 0.717) is 12.2 Å². The fraction of sp³-hybridized carbons (Fsp3) is 0.765. The van der Waals surface area contributed by atoms with Crippen molar-refractivity contribution in [2.24, 2.45) is 0 Å². The summed E-state index contributed by atoms with van der Waals surface area (Å²) in [5.41, 5.74) is -0.723. The van der Waals surface area contributed by atoms with Crippen LogP contribution in [0.1, 0.15) is 47.0 Å². The van der Waals surface area contributed by atoms with Gasteiger partial charge in [-0.15, -0.1) is 0 Å². The second-order valence-electron chi connectivity index (χ2n) is 6.73. The lowest BCUT2D eigenvalue weighted by atomic mass is 10.1. The molecule has 156 valence electrons. The molecule has 0 aromatic heterocycles. The standard InChI is InChI=1S/C17H30N2O7S/c1-6-25-15(23)12(7-8-13(20)21)18-14(22)11(9-10-27-5)19-16(24)26-17(2,3)4/h11-12H,6-10H2,1-5H3,(H,18,22)(H,19,24)(H,20,21)/t11-,12+/m0/s1. The molecule has 0 fully saturated rings. The van der Waals surface area contributed by atoms with E-state index >= 15 is 0 Å². The Balaban J connectivity index is 5.09. The topological polar surface area (TPSA) is 131 Å². The van der Waals surface area contributed by atoms with E-state index in [4.69, 9.17) is 14.6 Å². The Kier molecular flexibility index (Phi) is 11.5. The van der Waals surface area contributed by atoms with Crippen molar-refractivity contribution < 1.29 is 33.8 Å². The summed E-state index contributed by atoms with van der Waals surface area (Å²) in [5.74, 6) is -1.82. The minimum Gasteiger partial charge on any atom is -0.481 e. The molecule has 0 aromatic rings. The fourth-order valence-corrected chi connectivity index (χ4v) is 2.46. The smallest absolute Gasteiger partial charge is 0.408 e. The van der Waals surface area contributed by atoms with Gasteiger partial charge in [0.25, 0.3) is 0 Å². The van der Waals surface area contributed by atoms with Crippen LogP contribution in [0.4, 0.5) is 4.79 Å². The molecule has 0 saturated carbocycles. The molecule has 10 heteroatoms. The Morgan fingerprint density at radius 1 is 1.07 bits per heavy atom. The number of aliphatic carboxylic acids is 1. The summed E-state index contributed by atoms with van der Waals surface area (Å²) in [6.45, 7) is 6.81. The lowest BCUT2D eigenvalue weighted by Crippen LogP contribution is -2.52. The molecule has 0 aliphatic carbocycles. The van der Waals surface area contributed by atoms with Gasteiger partial charge in [0, 0.05) is 6.42 Å². The monoisotopic (exact) mass is 406 g/mol. The van der Waals surface area contributed by atoms with Crippen LogP contribution in [0, 0.1) is 0 Å². The predicted octanol–water partition coefficient (Wildman–Crippen LogP) is 1.55. The van der Waals surface area contributed by atoms with Crippen molar-refractivity contribution >= 4 is 35.7 Å². The van der Waals surface area contributed by atoms with E-state index in [-0.39, 0.29) is 19.4 Å². The number of esters is 1. The number of carboxylic acids is 1. The van der Waals surface area contributed by atoms with Crippen molar-refractivity contribution in [3.8, 4) is 0 Å². The molecule has 3 N–H and O–H groups in total. The number of hydrogen-bond acceptors (Lipinski definition) is 7. The molecular weight excluding hydrogens is 376 g/mol. The summed E-state index contributed by atoms with van der Waals surface area (Å²) in [7, 11) is 0. The lowest BCUT2D eigenvalue weighted by Gasteiger charge is -2.24. The summed E-state index contributed by atoms with van der Waals surface area (Å²) >= 11 is 1.49. The first kappa shape index (κ1) is 25.0. The Morgan fingerprint density at radius 2 is 1.70 bits per heavy atom. The maximum atomic E-state index is 12.6. The van der Waals surface area contributed by atoms with Crippen molar-refractivity contribution in [2.45, 2.75) is 64.6 Å². The van der Waals surface area contributed by atoms with Gasteiger partial charge < -0.3 is 25.2 Å². The summed E-state index contributed by atoms with van der Waals surface area (Å²) in [6, 6.07) is -2.03. The molecule has 0 unspecified atom stereocenters. The fourth-order valence-electron chi connectivity index (χ4n) is 1.99. The number of ether oxygens (including phenoxy) is 2. The van der Waals surface area contributed by atoms with E-state index in [1.54, 1.807) is 27.7 Å². The summed E-state index contributed by atoms with van der Waals surface area (Å²) in [4.78, 5) is 47.3. The first-order valence-electron chi connectivity index (χ1n) is 8.67. The highest BCUT2D eigenvalue weighted by Gasteiger charge is 2.29. The third-order valence-corrected chi connectivity index (χ3v) is 3.80. The van der Waals surface area contributed by atoms with Crippen LogP contribution in [0.2, 0.25) is 0 Å². The molecule has 0 spiro atoms. The Bertz CT molecular complexity index is 520. The van der Waals surface area contributed by atoms with Crippen LogP contribution in [-0.4, -0.2) is 65.3 Å². The minimum absolute atomic E-state index is 0.102. The molecule has 2 amide bonds. The lowest BCUT2D eigenvalue weighted by molar-refractivity contribution is -0.148. The normalized spacial score (nSPS) is 13.2. The number of nitrogens with one attached hydrogen (secondary N) is 2. The molecule has 0 saturated heterocycles. The zero-order valence-electron chi connectivity index (χ0n) is 16.5. The van der Waals surface area contributed by atoms with Crippen LogP contribution in [0.3, 0.4) is 0 Å². The van der Waals surface area contributed by atoms with Crippen molar-refractivity contribution in [3.63, 3.8) is 0 Å². The molecule has 0 radical (unpaired) electrons. The van der Waals surface area contributed by atoms with Crippen molar-refractivity contribution in [1.82, 2.24) is 10.6 Å². The second-order valence-corrected chi connectivity index (χ2v) is 7.71. The second kappa shape index (κ2) is 12.4. The Morgan fingerprint density at radius 3 is 2.19 bits per heavy atom. The van der Waals surface area contributed by atoms with Crippen LogP contribution in [0.15, 0.2) is 0 Å². The van der Waals surface area contributed by atoms with Crippen LogP contribution < -0.4 is 10.6 Å². The predicted molar refractivity (Wildman–Crippen MR) is 102 cm³/mol. The molecule has 0 bridgehead atoms. The van der Waals surface area contributed by atoms with Gasteiger partial charge in [-0.3, -0.25) is 9.59 Å². The number of thioether (sulfide) groups is 1. The number of hydrogen-bond donors (Lipinski definition) is 3. The summed E-state index contributed by atoms with van der Waals surface area (Å²) in [6.07, 6.45) is 1.01. The average molecular weight is 407 g/mol. The highest BCUT2D eigenvalue weighted by molar-refractivity contribution is 7.98. The van der Waals surface area contributed by atoms with Gasteiger partial charge in [0.15, 0.2) is 0 Å². The van der Waals surface area contributed by atoms with Gasteiger partial charge in [0.1, 0.15) is 17.7 Å². The number of rotatable bonds is 11. The minimum atomic E-state index is -1.11. The van der Waals surface area contributed by atoms with Crippen molar-refractivity contribution in [2.75, 3.05) is 18.6 Å². The summed E-state index contributed by atoms with van der Waals surface area (Å²) < 4.78 is 10.0. The molecule has 27 heavy (non-hydrogen) atoms. The largest absolute Gasteiger partial charge is 0.481 e. The van der Waals surface area contributed by atoms with Gasteiger partial charge in [-0.25, -0.2) is 9.59 Å². The van der Waals surface area contributed by atoms with Gasteiger partial charge in [0.05, 0.1) is 6.61 Å². The van der Waals surface area contributed by atoms with Crippen LogP contribution in [0.25, 0.3) is 0 Å². The first-order chi connectivity index (χ1) is 12.5. The number of alkyl carbamates (subject to hydrolysis) is 1. The van der Waals surface area contributed by atoms with Crippen LogP contribution in [-0.2, 0) is 23.9 Å². The molecule has 2 atom stereocenters. The van der Waals surface area contributed by atoms with E-state index in [1.165, 1.54) is 11.8 Å². The Hall–Kier alpha value is -1.97. The SMILES string of the molecule is CCOC(=O)[C@@H](CCC(=O)O)NC(=O)[C@H](CCSC)NC(=O)OC(C)(C)C. The highest BCUT2D eigenvalue weighted by Crippen LogP contribution is 2.09. The Labute approximate surface area is 163 Å². The van der Waals surface area contributed by atoms with Crippen molar-refractivity contribution in [1.29, 1.82) is 0 Å². The van der Waals surface area contributed by atoms with E-state index in [9.17, 15) is 19.2 Å². The van der Waals surface area contributed by atoms with Crippen LogP contribution in [0.5, 0.6) is 0 Å². The zero-order chi connectivity index (χ0) is 21.0. The molecule has 0 aliphatic heterocycles. The van der Waals surface area contributed by atoms with E-state index in [2.05, 4.69) is 10.6 Å². The maximum absolute atomic E-state index is 12.6. The molecular formula is C17H30N2O7S. The molecule has 0 aliphatic rings. The number of carboxylic acid groups (broad SMARTS) is 1. The van der Waals surface area contributed by atoms with Gasteiger partial charge in [-0.05, 0) is 52.5 Å². The van der Waals surface area contributed by atoms with Crippen molar-refractivity contribution in [3.05, 3.63) is 0 Å². The van der Waals surface area contributed by atoms with Gasteiger partial charge in [-0.1, -0.05) is 0 Å². The molecule has 9 nitrogen and oxygen atoms in total. The average Bonchev–Trinajstić information content (AvgIpc) is 2.53. The highest BCUT2D eigenvalue weighted by atomic mass is 32.2. The van der Waals surface area contributed by atoms with E-state index in [1.807, 2.05) is 6.26 Å². The third kappa shape index (κ3) is 12.1. The van der Waals surface area contributed by atoms with Gasteiger partial charge in [-0.2, -0.15) is 11.8 Å². The van der Waals surface area contributed by atoms with E-state index in [0.717, 1.165) is 0 Å². The van der Waals surface area contributed by atoms with Gasteiger partial charge in [0.2, 0.25) is 5.91 Å². The molecule has 0 heterocycles. The zero-order valence-corrected chi connectivity index (χ0v) is 17.3. The summed E-state index contributed by atoms with van der Waals surface area (Å²) in [5, 5.41) is 13.8. The van der Waals surface area contributed by atoms with Crippen LogP contribution >= 0.6 is 11.8 Å². The number of carbonyl (C=O) groups is 4. The number of amides is 2. The maximum Gasteiger partial charge on any atom is 0.408 e.